The number of benzene rings is 1. The number of piperidine rings is 1. The summed E-state index contributed by atoms with van der Waals surface area (Å²) in [5.41, 5.74) is 1.39. The van der Waals surface area contributed by atoms with Crippen molar-refractivity contribution in [2.45, 2.75) is 19.8 Å². The lowest BCUT2D eigenvalue weighted by Gasteiger charge is -2.32. The van der Waals surface area contributed by atoms with Crippen molar-refractivity contribution < 1.29 is 0 Å². The summed E-state index contributed by atoms with van der Waals surface area (Å²) in [4.78, 5) is 2.50. The van der Waals surface area contributed by atoms with E-state index in [0.29, 0.717) is 0 Å². The average Bonchev–Trinajstić information content (AvgIpc) is 2.21. The van der Waals surface area contributed by atoms with Gasteiger partial charge in [0.2, 0.25) is 0 Å². The van der Waals surface area contributed by atoms with Gasteiger partial charge in [-0.2, -0.15) is 0 Å². The van der Waals surface area contributed by atoms with Crippen molar-refractivity contribution in [1.29, 1.82) is 0 Å². The first-order chi connectivity index (χ1) is 6.75. The number of halogens is 1. The minimum atomic E-state index is 0.912. The average molecular weight is 301 g/mol. The van der Waals surface area contributed by atoms with Gasteiger partial charge in [0.25, 0.3) is 0 Å². The fourth-order valence-corrected chi connectivity index (χ4v) is 2.28. The molecule has 0 spiro atoms. The van der Waals surface area contributed by atoms with E-state index < -0.39 is 0 Å². The molecule has 0 atom stereocenters. The van der Waals surface area contributed by atoms with E-state index in [9.17, 15) is 0 Å². The first-order valence-corrected chi connectivity index (χ1v) is 6.34. The maximum absolute atomic E-state index is 2.50. The van der Waals surface area contributed by atoms with Crippen LogP contribution in [0.3, 0.4) is 0 Å². The zero-order valence-corrected chi connectivity index (χ0v) is 10.7. The Labute approximate surface area is 99.6 Å². The molecular weight excluding hydrogens is 285 g/mol. The van der Waals surface area contributed by atoms with Crippen molar-refractivity contribution in [2.75, 3.05) is 18.0 Å². The summed E-state index contributed by atoms with van der Waals surface area (Å²) < 4.78 is 1.32. The molecule has 1 saturated heterocycles. The molecule has 0 amide bonds. The van der Waals surface area contributed by atoms with Gasteiger partial charge in [0, 0.05) is 22.3 Å². The Kier molecular flexibility index (Phi) is 3.31. The Hall–Kier alpha value is -0.250. The summed E-state index contributed by atoms with van der Waals surface area (Å²) in [5.74, 6) is 0.912. The van der Waals surface area contributed by atoms with Gasteiger partial charge in [-0.3, -0.25) is 0 Å². The standard InChI is InChI=1S/C12H16IN/c1-10-6-8-14(9-7-10)12-4-2-11(13)3-5-12/h2-5,10H,6-9H2,1H3. The van der Waals surface area contributed by atoms with E-state index in [2.05, 4.69) is 58.7 Å². The SMILES string of the molecule is CC1CCN(c2ccc(I)cc2)CC1. The summed E-state index contributed by atoms with van der Waals surface area (Å²) in [6, 6.07) is 8.84. The first kappa shape index (κ1) is 10.3. The molecule has 1 heterocycles. The predicted molar refractivity (Wildman–Crippen MR) is 69.8 cm³/mol. The number of anilines is 1. The topological polar surface area (TPSA) is 3.24 Å². The Balaban J connectivity index is 2.05. The second kappa shape index (κ2) is 4.51. The quantitative estimate of drug-likeness (QED) is 0.717. The first-order valence-electron chi connectivity index (χ1n) is 5.26. The zero-order valence-electron chi connectivity index (χ0n) is 8.54. The maximum atomic E-state index is 2.50. The van der Waals surface area contributed by atoms with E-state index >= 15 is 0 Å². The summed E-state index contributed by atoms with van der Waals surface area (Å²) in [6.07, 6.45) is 2.68. The zero-order chi connectivity index (χ0) is 9.97. The third-order valence-electron chi connectivity index (χ3n) is 2.98. The Morgan fingerprint density at radius 1 is 1.14 bits per heavy atom. The molecule has 0 bridgehead atoms. The van der Waals surface area contributed by atoms with Crippen molar-refractivity contribution in [1.82, 2.24) is 0 Å². The Morgan fingerprint density at radius 2 is 1.71 bits per heavy atom. The highest BCUT2D eigenvalue weighted by Gasteiger charge is 2.15. The van der Waals surface area contributed by atoms with Gasteiger partial charge in [0.15, 0.2) is 0 Å². The minimum absolute atomic E-state index is 0.912. The summed E-state index contributed by atoms with van der Waals surface area (Å²) >= 11 is 2.35. The molecule has 14 heavy (non-hydrogen) atoms. The lowest BCUT2D eigenvalue weighted by Crippen LogP contribution is -2.32. The second-order valence-electron chi connectivity index (χ2n) is 4.15. The third kappa shape index (κ3) is 2.41. The second-order valence-corrected chi connectivity index (χ2v) is 5.39. The smallest absolute Gasteiger partial charge is 0.0366 e. The highest BCUT2D eigenvalue weighted by atomic mass is 127. The van der Waals surface area contributed by atoms with Crippen LogP contribution in [0.15, 0.2) is 24.3 Å². The Morgan fingerprint density at radius 3 is 2.29 bits per heavy atom. The van der Waals surface area contributed by atoms with Crippen LogP contribution in [-0.4, -0.2) is 13.1 Å². The van der Waals surface area contributed by atoms with Gasteiger partial charge in [0.05, 0.1) is 0 Å². The lowest BCUT2D eigenvalue weighted by molar-refractivity contribution is 0.438. The van der Waals surface area contributed by atoms with Crippen molar-refractivity contribution in [3.63, 3.8) is 0 Å². The van der Waals surface area contributed by atoms with Crippen LogP contribution in [0.2, 0.25) is 0 Å². The van der Waals surface area contributed by atoms with Crippen LogP contribution in [0.25, 0.3) is 0 Å². The van der Waals surface area contributed by atoms with Crippen LogP contribution in [0.5, 0.6) is 0 Å². The molecule has 0 unspecified atom stereocenters. The molecule has 0 radical (unpaired) electrons. The maximum Gasteiger partial charge on any atom is 0.0366 e. The number of nitrogens with zero attached hydrogens (tertiary/aromatic N) is 1. The summed E-state index contributed by atoms with van der Waals surface area (Å²) in [7, 11) is 0. The molecule has 0 N–H and O–H groups in total. The van der Waals surface area contributed by atoms with Gasteiger partial charge < -0.3 is 4.90 Å². The highest BCUT2D eigenvalue weighted by molar-refractivity contribution is 14.1. The predicted octanol–water partition coefficient (Wildman–Crippen LogP) is 3.53. The number of hydrogen-bond donors (Lipinski definition) is 0. The van der Waals surface area contributed by atoms with E-state index in [4.69, 9.17) is 0 Å². The van der Waals surface area contributed by atoms with E-state index in [-0.39, 0.29) is 0 Å². The normalized spacial score (nSPS) is 18.6. The molecule has 0 saturated carbocycles. The van der Waals surface area contributed by atoms with E-state index in [0.717, 1.165) is 5.92 Å². The molecule has 0 aromatic heterocycles. The molecule has 2 heteroatoms. The fraction of sp³-hybridized carbons (Fsp3) is 0.500. The van der Waals surface area contributed by atoms with Gasteiger partial charge >= 0.3 is 0 Å². The molecule has 0 aliphatic carbocycles. The molecule has 1 aliphatic heterocycles. The van der Waals surface area contributed by atoms with Crippen molar-refractivity contribution in [3.8, 4) is 0 Å². The minimum Gasteiger partial charge on any atom is -0.372 e. The summed E-state index contributed by atoms with van der Waals surface area (Å²) in [5, 5.41) is 0. The molecule has 1 aromatic rings. The molecular formula is C12H16IN. The van der Waals surface area contributed by atoms with Crippen molar-refractivity contribution in [3.05, 3.63) is 27.8 Å². The van der Waals surface area contributed by atoms with Crippen LogP contribution in [0.4, 0.5) is 5.69 Å². The largest absolute Gasteiger partial charge is 0.372 e. The van der Waals surface area contributed by atoms with Crippen molar-refractivity contribution >= 4 is 28.3 Å². The molecule has 2 rings (SSSR count). The lowest BCUT2D eigenvalue weighted by atomic mass is 9.99. The van der Waals surface area contributed by atoms with Gasteiger partial charge in [0.1, 0.15) is 0 Å². The molecule has 1 fully saturated rings. The van der Waals surface area contributed by atoms with Crippen molar-refractivity contribution in [2.24, 2.45) is 5.92 Å². The molecule has 1 aliphatic rings. The molecule has 76 valence electrons. The van der Waals surface area contributed by atoms with E-state index in [1.54, 1.807) is 0 Å². The fourth-order valence-electron chi connectivity index (χ4n) is 1.92. The van der Waals surface area contributed by atoms with Crippen LogP contribution in [-0.2, 0) is 0 Å². The van der Waals surface area contributed by atoms with Crippen LogP contribution in [0, 0.1) is 9.49 Å². The third-order valence-corrected chi connectivity index (χ3v) is 3.69. The van der Waals surface area contributed by atoms with Gasteiger partial charge in [-0.25, -0.2) is 0 Å². The molecule has 1 aromatic carbocycles. The van der Waals surface area contributed by atoms with Gasteiger partial charge in [-0.1, -0.05) is 6.92 Å². The monoisotopic (exact) mass is 301 g/mol. The van der Waals surface area contributed by atoms with E-state index in [1.807, 2.05) is 0 Å². The molecule has 1 nitrogen and oxygen atoms in total. The van der Waals surface area contributed by atoms with Crippen LogP contribution < -0.4 is 4.90 Å². The number of hydrogen-bond acceptors (Lipinski definition) is 1. The summed E-state index contributed by atoms with van der Waals surface area (Å²) in [6.45, 7) is 4.80. The number of rotatable bonds is 1. The van der Waals surface area contributed by atoms with Crippen LogP contribution in [0.1, 0.15) is 19.8 Å². The van der Waals surface area contributed by atoms with Gasteiger partial charge in [-0.05, 0) is 65.6 Å². The highest BCUT2D eigenvalue weighted by Crippen LogP contribution is 2.23. The van der Waals surface area contributed by atoms with Crippen LogP contribution >= 0.6 is 22.6 Å². The van der Waals surface area contributed by atoms with E-state index in [1.165, 1.54) is 35.2 Å². The Bertz CT molecular complexity index is 286. The van der Waals surface area contributed by atoms with Gasteiger partial charge in [-0.15, -0.1) is 0 Å².